The summed E-state index contributed by atoms with van der Waals surface area (Å²) in [5.74, 6) is 1.39. The van der Waals surface area contributed by atoms with Crippen LogP contribution in [0.5, 0.6) is 0 Å². The maximum absolute atomic E-state index is 6.04. The first-order valence-electron chi connectivity index (χ1n) is 6.42. The largest absolute Gasteiger partial charge is 0.383 e. The van der Waals surface area contributed by atoms with Gasteiger partial charge in [-0.1, -0.05) is 31.0 Å². The molecule has 1 heterocycles. The second kappa shape index (κ2) is 4.02. The number of benzene rings is 1. The summed E-state index contributed by atoms with van der Waals surface area (Å²) < 4.78 is 0. The van der Waals surface area contributed by atoms with Crippen molar-refractivity contribution in [1.82, 2.24) is 4.98 Å². The van der Waals surface area contributed by atoms with Crippen LogP contribution >= 0.6 is 0 Å². The van der Waals surface area contributed by atoms with Gasteiger partial charge in [0.05, 0.1) is 5.52 Å². The van der Waals surface area contributed by atoms with E-state index < -0.39 is 0 Å². The monoisotopic (exact) mass is 226 g/mol. The Kier molecular flexibility index (Phi) is 2.50. The molecule has 2 heteroatoms. The summed E-state index contributed by atoms with van der Waals surface area (Å²) in [5.41, 5.74) is 9.72. The van der Waals surface area contributed by atoms with Crippen LogP contribution in [-0.2, 0) is 0 Å². The molecule has 3 rings (SSSR count). The number of nitrogens with two attached hydrogens (primary N) is 1. The number of fused-ring (bicyclic) bond motifs is 1. The van der Waals surface area contributed by atoms with E-state index >= 15 is 0 Å². The summed E-state index contributed by atoms with van der Waals surface area (Å²) in [6, 6.07) is 8.37. The van der Waals surface area contributed by atoms with Gasteiger partial charge in [-0.15, -0.1) is 0 Å². The van der Waals surface area contributed by atoms with Gasteiger partial charge in [-0.25, -0.2) is 4.98 Å². The van der Waals surface area contributed by atoms with E-state index in [-0.39, 0.29) is 0 Å². The normalized spacial score (nSPS) is 16.8. The van der Waals surface area contributed by atoms with E-state index in [2.05, 4.69) is 30.1 Å². The van der Waals surface area contributed by atoms with Gasteiger partial charge in [-0.2, -0.15) is 0 Å². The van der Waals surface area contributed by atoms with E-state index in [9.17, 15) is 0 Å². The smallest absolute Gasteiger partial charge is 0.127 e. The Morgan fingerprint density at radius 2 is 1.88 bits per heavy atom. The number of hydrogen-bond acceptors (Lipinski definition) is 2. The van der Waals surface area contributed by atoms with E-state index in [1.165, 1.54) is 42.2 Å². The molecular weight excluding hydrogens is 208 g/mol. The Morgan fingerprint density at radius 3 is 2.65 bits per heavy atom. The van der Waals surface area contributed by atoms with Gasteiger partial charge < -0.3 is 5.73 Å². The van der Waals surface area contributed by atoms with Gasteiger partial charge in [0.2, 0.25) is 0 Å². The molecule has 1 aromatic heterocycles. The van der Waals surface area contributed by atoms with Gasteiger partial charge >= 0.3 is 0 Å². The van der Waals surface area contributed by atoms with Gasteiger partial charge in [-0.3, -0.25) is 0 Å². The van der Waals surface area contributed by atoms with Crippen molar-refractivity contribution >= 4 is 16.7 Å². The molecule has 2 N–H and O–H groups in total. The second-order valence-corrected chi connectivity index (χ2v) is 5.03. The third kappa shape index (κ3) is 1.68. The van der Waals surface area contributed by atoms with E-state index in [1.54, 1.807) is 0 Å². The van der Waals surface area contributed by atoms with Crippen molar-refractivity contribution in [3.8, 4) is 0 Å². The van der Waals surface area contributed by atoms with Crippen molar-refractivity contribution in [1.29, 1.82) is 0 Å². The molecule has 0 bridgehead atoms. The second-order valence-electron chi connectivity index (χ2n) is 5.03. The molecule has 1 aliphatic rings. The maximum Gasteiger partial charge on any atom is 0.127 e. The summed E-state index contributed by atoms with van der Waals surface area (Å²) in [5, 5.41) is 1.30. The molecule has 17 heavy (non-hydrogen) atoms. The molecule has 2 aromatic rings. The van der Waals surface area contributed by atoms with E-state index in [1.807, 2.05) is 6.07 Å². The molecular formula is C15H18N2. The summed E-state index contributed by atoms with van der Waals surface area (Å²) in [6.07, 6.45) is 5.30. The van der Waals surface area contributed by atoms with Crippen molar-refractivity contribution in [3.05, 3.63) is 35.4 Å². The van der Waals surface area contributed by atoms with Crippen LogP contribution < -0.4 is 5.73 Å². The van der Waals surface area contributed by atoms with E-state index in [4.69, 9.17) is 5.73 Å². The standard InChI is InChI=1S/C15H18N2/c1-10-14(11-6-2-3-7-11)12-8-4-5-9-13(12)17-15(10)16/h4-5,8-9,11H,2-3,6-7H2,1H3,(H2,16,17). The lowest BCUT2D eigenvalue weighted by Gasteiger charge is -2.17. The average Bonchev–Trinajstić information content (AvgIpc) is 2.84. The van der Waals surface area contributed by atoms with Gasteiger partial charge in [0, 0.05) is 5.39 Å². The van der Waals surface area contributed by atoms with Crippen molar-refractivity contribution in [2.24, 2.45) is 0 Å². The molecule has 1 aromatic carbocycles. The van der Waals surface area contributed by atoms with Crippen LogP contribution in [0.3, 0.4) is 0 Å². The number of nitrogen functional groups attached to an aromatic ring is 1. The molecule has 0 aliphatic heterocycles. The minimum atomic E-state index is 0.685. The average molecular weight is 226 g/mol. The van der Waals surface area contributed by atoms with Crippen molar-refractivity contribution < 1.29 is 0 Å². The molecule has 1 saturated carbocycles. The lowest BCUT2D eigenvalue weighted by Crippen LogP contribution is -2.04. The zero-order valence-electron chi connectivity index (χ0n) is 10.2. The number of hydrogen-bond donors (Lipinski definition) is 1. The number of para-hydroxylation sites is 1. The number of pyridine rings is 1. The van der Waals surface area contributed by atoms with E-state index in [0.717, 1.165) is 5.52 Å². The van der Waals surface area contributed by atoms with Gasteiger partial charge in [0.1, 0.15) is 5.82 Å². The first-order valence-corrected chi connectivity index (χ1v) is 6.42. The Bertz CT molecular complexity index is 554. The minimum Gasteiger partial charge on any atom is -0.383 e. The van der Waals surface area contributed by atoms with Crippen LogP contribution in [0.1, 0.15) is 42.7 Å². The third-order valence-corrected chi connectivity index (χ3v) is 3.99. The van der Waals surface area contributed by atoms with Crippen LogP contribution in [0.15, 0.2) is 24.3 Å². The first-order chi connectivity index (χ1) is 8.27. The van der Waals surface area contributed by atoms with Crippen LogP contribution in [0.4, 0.5) is 5.82 Å². The topological polar surface area (TPSA) is 38.9 Å². The molecule has 0 unspecified atom stereocenters. The number of aromatic nitrogens is 1. The Morgan fingerprint density at radius 1 is 1.18 bits per heavy atom. The fourth-order valence-corrected chi connectivity index (χ4v) is 3.09. The molecule has 0 atom stereocenters. The predicted octanol–water partition coefficient (Wildman–Crippen LogP) is 3.78. The summed E-state index contributed by atoms with van der Waals surface area (Å²) in [6.45, 7) is 2.11. The summed E-state index contributed by atoms with van der Waals surface area (Å²) in [4.78, 5) is 4.49. The molecule has 0 spiro atoms. The zero-order chi connectivity index (χ0) is 11.8. The molecule has 88 valence electrons. The van der Waals surface area contributed by atoms with Crippen LogP contribution in [0, 0.1) is 6.92 Å². The van der Waals surface area contributed by atoms with Crippen molar-refractivity contribution in [3.63, 3.8) is 0 Å². The molecule has 2 nitrogen and oxygen atoms in total. The highest BCUT2D eigenvalue weighted by Gasteiger charge is 2.22. The third-order valence-electron chi connectivity index (χ3n) is 3.99. The Balaban J connectivity index is 2.29. The zero-order valence-corrected chi connectivity index (χ0v) is 10.2. The van der Waals surface area contributed by atoms with Crippen LogP contribution in [-0.4, -0.2) is 4.98 Å². The van der Waals surface area contributed by atoms with Crippen molar-refractivity contribution in [2.45, 2.75) is 38.5 Å². The molecule has 1 aliphatic carbocycles. The number of anilines is 1. The fraction of sp³-hybridized carbons (Fsp3) is 0.400. The predicted molar refractivity (Wildman–Crippen MR) is 72.1 cm³/mol. The van der Waals surface area contributed by atoms with Crippen LogP contribution in [0.25, 0.3) is 10.9 Å². The maximum atomic E-state index is 6.04. The van der Waals surface area contributed by atoms with E-state index in [0.29, 0.717) is 11.7 Å². The van der Waals surface area contributed by atoms with Gasteiger partial charge in [0.15, 0.2) is 0 Å². The molecule has 0 saturated heterocycles. The summed E-state index contributed by atoms with van der Waals surface area (Å²) in [7, 11) is 0. The number of rotatable bonds is 1. The quantitative estimate of drug-likeness (QED) is 0.803. The minimum absolute atomic E-state index is 0.685. The SMILES string of the molecule is Cc1c(N)nc2ccccc2c1C1CCCC1. The highest BCUT2D eigenvalue weighted by Crippen LogP contribution is 2.40. The molecule has 1 fully saturated rings. The summed E-state index contributed by atoms with van der Waals surface area (Å²) >= 11 is 0. The molecule has 0 radical (unpaired) electrons. The highest BCUT2D eigenvalue weighted by molar-refractivity contribution is 5.86. The van der Waals surface area contributed by atoms with Gasteiger partial charge in [-0.05, 0) is 42.9 Å². The highest BCUT2D eigenvalue weighted by atomic mass is 14.8. The number of nitrogens with zero attached hydrogens (tertiary/aromatic N) is 1. The Labute approximate surface area is 102 Å². The fourth-order valence-electron chi connectivity index (χ4n) is 3.09. The lowest BCUT2D eigenvalue weighted by molar-refractivity contribution is 0.724. The van der Waals surface area contributed by atoms with Crippen LogP contribution in [0.2, 0.25) is 0 Å². The molecule has 0 amide bonds. The lowest BCUT2D eigenvalue weighted by atomic mass is 9.90. The van der Waals surface area contributed by atoms with Crippen molar-refractivity contribution in [2.75, 3.05) is 5.73 Å². The Hall–Kier alpha value is -1.57. The first kappa shape index (κ1) is 10.6. The van der Waals surface area contributed by atoms with Gasteiger partial charge in [0.25, 0.3) is 0 Å².